The number of carbonyl (C=O) groups excluding carboxylic acids is 2. The molecule has 128 valence electrons. The molecule has 7 heteroatoms. The molecule has 7 nitrogen and oxygen atoms in total. The predicted octanol–water partition coefficient (Wildman–Crippen LogP) is 1.49. The van der Waals surface area contributed by atoms with Gasteiger partial charge in [-0.05, 0) is 25.5 Å². The fourth-order valence-corrected chi connectivity index (χ4v) is 2.91. The van der Waals surface area contributed by atoms with Crippen molar-refractivity contribution in [3.8, 4) is 0 Å². The van der Waals surface area contributed by atoms with E-state index < -0.39 is 0 Å². The molecule has 0 radical (unpaired) electrons. The van der Waals surface area contributed by atoms with Crippen LogP contribution in [0.1, 0.15) is 18.2 Å². The molecule has 3 rings (SSSR count). The first kappa shape index (κ1) is 16.3. The predicted molar refractivity (Wildman–Crippen MR) is 88.8 cm³/mol. The molecule has 1 fully saturated rings. The number of piperazine rings is 1. The maximum atomic E-state index is 12.5. The summed E-state index contributed by atoms with van der Waals surface area (Å²) in [5, 5.41) is 0. The van der Waals surface area contributed by atoms with E-state index >= 15 is 0 Å². The van der Waals surface area contributed by atoms with Crippen LogP contribution in [-0.4, -0.2) is 64.0 Å². The molecular formula is C17H22N4O3. The number of carbonyl (C=O) groups is 2. The Morgan fingerprint density at radius 2 is 1.92 bits per heavy atom. The van der Waals surface area contributed by atoms with Gasteiger partial charge in [0.25, 0.3) is 0 Å². The van der Waals surface area contributed by atoms with E-state index in [1.807, 2.05) is 35.9 Å². The number of aryl methyl sites for hydroxylation is 1. The number of ether oxygens (including phenoxy) is 1. The van der Waals surface area contributed by atoms with Gasteiger partial charge in [-0.3, -0.25) is 4.79 Å². The van der Waals surface area contributed by atoms with Crippen LogP contribution in [0.5, 0.6) is 0 Å². The second kappa shape index (κ2) is 6.90. The van der Waals surface area contributed by atoms with E-state index in [4.69, 9.17) is 4.74 Å². The first-order valence-electron chi connectivity index (χ1n) is 8.21. The second-order valence-electron chi connectivity index (χ2n) is 5.90. The number of fused-ring (bicyclic) bond motifs is 1. The summed E-state index contributed by atoms with van der Waals surface area (Å²) in [6.45, 7) is 6.24. The molecule has 1 aliphatic heterocycles. The summed E-state index contributed by atoms with van der Waals surface area (Å²) >= 11 is 0. The third-order valence-corrected chi connectivity index (χ3v) is 4.22. The average Bonchev–Trinajstić information content (AvgIpc) is 2.99. The fourth-order valence-electron chi connectivity index (χ4n) is 2.91. The number of imidazole rings is 1. The minimum atomic E-state index is -0.305. The minimum Gasteiger partial charge on any atom is -0.450 e. The third-order valence-electron chi connectivity index (χ3n) is 4.22. The molecule has 1 saturated heterocycles. The van der Waals surface area contributed by atoms with Crippen molar-refractivity contribution in [1.82, 2.24) is 19.2 Å². The van der Waals surface area contributed by atoms with Crippen molar-refractivity contribution in [3.05, 3.63) is 35.8 Å². The highest BCUT2D eigenvalue weighted by Crippen LogP contribution is 2.12. The monoisotopic (exact) mass is 330 g/mol. The zero-order chi connectivity index (χ0) is 17.1. The molecule has 0 saturated carbocycles. The minimum absolute atomic E-state index is 0.0413. The Bertz CT molecular complexity index is 747. The van der Waals surface area contributed by atoms with Crippen LogP contribution in [0.4, 0.5) is 4.79 Å². The standard InChI is InChI=1S/C17H22N4O3/c1-3-24-17(23)20-9-7-19(8-10-20)15(22)11-14-12-21-6-4-5-13(2)16(21)18-14/h4-6,12H,3,7-11H2,1-2H3. The highest BCUT2D eigenvalue weighted by atomic mass is 16.6. The van der Waals surface area contributed by atoms with Crippen molar-refractivity contribution in [1.29, 1.82) is 0 Å². The molecule has 0 N–H and O–H groups in total. The topological polar surface area (TPSA) is 67.2 Å². The highest BCUT2D eigenvalue weighted by molar-refractivity contribution is 5.79. The van der Waals surface area contributed by atoms with Gasteiger partial charge in [-0.15, -0.1) is 0 Å². The van der Waals surface area contributed by atoms with Gasteiger partial charge in [-0.25, -0.2) is 9.78 Å². The zero-order valence-corrected chi connectivity index (χ0v) is 14.1. The van der Waals surface area contributed by atoms with Gasteiger partial charge in [0.1, 0.15) is 5.65 Å². The molecule has 24 heavy (non-hydrogen) atoms. The summed E-state index contributed by atoms with van der Waals surface area (Å²) in [5.74, 6) is 0.0413. The summed E-state index contributed by atoms with van der Waals surface area (Å²) < 4.78 is 6.93. The molecule has 0 unspecified atom stereocenters. The van der Waals surface area contributed by atoms with Crippen molar-refractivity contribution in [2.45, 2.75) is 20.3 Å². The lowest BCUT2D eigenvalue weighted by atomic mass is 10.2. The van der Waals surface area contributed by atoms with Gasteiger partial charge < -0.3 is 18.9 Å². The maximum Gasteiger partial charge on any atom is 0.409 e. The van der Waals surface area contributed by atoms with Gasteiger partial charge in [0.2, 0.25) is 5.91 Å². The van der Waals surface area contributed by atoms with Gasteiger partial charge in [0, 0.05) is 38.6 Å². The molecular weight excluding hydrogens is 308 g/mol. The molecule has 0 aliphatic carbocycles. The van der Waals surface area contributed by atoms with E-state index in [1.165, 1.54) is 0 Å². The number of nitrogens with zero attached hydrogens (tertiary/aromatic N) is 4. The van der Waals surface area contributed by atoms with E-state index in [0.29, 0.717) is 32.8 Å². The van der Waals surface area contributed by atoms with Gasteiger partial charge in [-0.2, -0.15) is 0 Å². The quantitative estimate of drug-likeness (QED) is 0.855. The highest BCUT2D eigenvalue weighted by Gasteiger charge is 2.25. The van der Waals surface area contributed by atoms with Crippen LogP contribution >= 0.6 is 0 Å². The molecule has 0 bridgehead atoms. The lowest BCUT2D eigenvalue weighted by molar-refractivity contribution is -0.132. The van der Waals surface area contributed by atoms with Crippen LogP contribution in [0.15, 0.2) is 24.5 Å². The Labute approximate surface area is 140 Å². The number of hydrogen-bond donors (Lipinski definition) is 0. The van der Waals surface area contributed by atoms with E-state index in [0.717, 1.165) is 16.9 Å². The van der Waals surface area contributed by atoms with Crippen molar-refractivity contribution in [2.24, 2.45) is 0 Å². The van der Waals surface area contributed by atoms with E-state index in [-0.39, 0.29) is 18.4 Å². The average molecular weight is 330 g/mol. The van der Waals surface area contributed by atoms with E-state index in [2.05, 4.69) is 4.98 Å². The maximum absolute atomic E-state index is 12.5. The Morgan fingerprint density at radius 3 is 2.58 bits per heavy atom. The number of rotatable bonds is 3. The van der Waals surface area contributed by atoms with Gasteiger partial charge in [0.15, 0.2) is 0 Å². The third kappa shape index (κ3) is 3.34. The lowest BCUT2D eigenvalue weighted by Crippen LogP contribution is -2.51. The lowest BCUT2D eigenvalue weighted by Gasteiger charge is -2.34. The van der Waals surface area contributed by atoms with Crippen molar-refractivity contribution >= 4 is 17.6 Å². The molecule has 0 spiro atoms. The molecule has 2 amide bonds. The molecule has 2 aromatic rings. The van der Waals surface area contributed by atoms with Crippen LogP contribution in [0.25, 0.3) is 5.65 Å². The molecule has 3 heterocycles. The van der Waals surface area contributed by atoms with Gasteiger partial charge in [-0.1, -0.05) is 6.07 Å². The Morgan fingerprint density at radius 1 is 1.21 bits per heavy atom. The largest absolute Gasteiger partial charge is 0.450 e. The first-order chi connectivity index (χ1) is 11.6. The zero-order valence-electron chi connectivity index (χ0n) is 14.1. The Hall–Kier alpha value is -2.57. The summed E-state index contributed by atoms with van der Waals surface area (Å²) in [7, 11) is 0. The smallest absolute Gasteiger partial charge is 0.409 e. The first-order valence-corrected chi connectivity index (χ1v) is 8.21. The Balaban J connectivity index is 1.59. The normalized spacial score (nSPS) is 14.9. The second-order valence-corrected chi connectivity index (χ2v) is 5.90. The molecule has 1 aliphatic rings. The number of amides is 2. The van der Waals surface area contributed by atoms with Crippen LogP contribution in [0.2, 0.25) is 0 Å². The number of aromatic nitrogens is 2. The SMILES string of the molecule is CCOC(=O)N1CCN(C(=O)Cc2cn3cccc(C)c3n2)CC1. The number of hydrogen-bond acceptors (Lipinski definition) is 4. The molecule has 0 aromatic carbocycles. The van der Waals surface area contributed by atoms with Gasteiger partial charge in [0.05, 0.1) is 18.7 Å². The van der Waals surface area contributed by atoms with E-state index in [1.54, 1.807) is 16.7 Å². The van der Waals surface area contributed by atoms with Crippen molar-refractivity contribution in [3.63, 3.8) is 0 Å². The van der Waals surface area contributed by atoms with Gasteiger partial charge >= 0.3 is 6.09 Å². The summed E-state index contributed by atoms with van der Waals surface area (Å²) in [6.07, 6.45) is 3.80. The van der Waals surface area contributed by atoms with Crippen LogP contribution in [0, 0.1) is 6.92 Å². The van der Waals surface area contributed by atoms with Crippen LogP contribution in [0.3, 0.4) is 0 Å². The van der Waals surface area contributed by atoms with Crippen molar-refractivity contribution < 1.29 is 14.3 Å². The summed E-state index contributed by atoms with van der Waals surface area (Å²) in [4.78, 5) is 32.1. The molecule has 2 aromatic heterocycles. The summed E-state index contributed by atoms with van der Waals surface area (Å²) in [6, 6.07) is 3.97. The van der Waals surface area contributed by atoms with Crippen LogP contribution < -0.4 is 0 Å². The Kier molecular flexibility index (Phi) is 4.69. The fraction of sp³-hybridized carbons (Fsp3) is 0.471. The number of pyridine rings is 1. The summed E-state index contributed by atoms with van der Waals surface area (Å²) in [5.41, 5.74) is 2.73. The van der Waals surface area contributed by atoms with Crippen molar-refractivity contribution in [2.75, 3.05) is 32.8 Å². The van der Waals surface area contributed by atoms with Crippen LogP contribution in [-0.2, 0) is 16.0 Å². The van der Waals surface area contributed by atoms with E-state index in [9.17, 15) is 9.59 Å². The molecule has 0 atom stereocenters.